The maximum absolute atomic E-state index is 13.5. The number of benzene rings is 1. The number of nitrogens with one attached hydrogen (secondary N) is 1. The fourth-order valence-electron chi connectivity index (χ4n) is 3.15. The molecule has 0 saturated carbocycles. The minimum atomic E-state index is -3.57. The van der Waals surface area contributed by atoms with Gasteiger partial charge in [-0.25, -0.2) is 17.5 Å². The molecule has 26 heavy (non-hydrogen) atoms. The van der Waals surface area contributed by atoms with E-state index in [0.29, 0.717) is 19.7 Å². The van der Waals surface area contributed by atoms with Crippen molar-refractivity contribution in [3.8, 4) is 0 Å². The van der Waals surface area contributed by atoms with Gasteiger partial charge in [0.2, 0.25) is 10.0 Å². The number of rotatable bonds is 6. The van der Waals surface area contributed by atoms with Gasteiger partial charge in [0, 0.05) is 38.9 Å². The summed E-state index contributed by atoms with van der Waals surface area (Å²) >= 11 is 0. The van der Waals surface area contributed by atoms with E-state index in [1.54, 1.807) is 13.1 Å². The van der Waals surface area contributed by atoms with Gasteiger partial charge in [-0.3, -0.25) is 9.58 Å². The Morgan fingerprint density at radius 3 is 2.92 bits per heavy atom. The van der Waals surface area contributed by atoms with Crippen molar-refractivity contribution in [3.05, 3.63) is 48.0 Å². The van der Waals surface area contributed by atoms with Crippen molar-refractivity contribution in [1.29, 1.82) is 0 Å². The van der Waals surface area contributed by atoms with E-state index in [4.69, 9.17) is 4.74 Å². The zero-order valence-electron chi connectivity index (χ0n) is 14.8. The second-order valence-electron chi connectivity index (χ2n) is 6.37. The molecule has 9 heteroatoms. The van der Waals surface area contributed by atoms with Gasteiger partial charge in [-0.1, -0.05) is 12.1 Å². The highest BCUT2D eigenvalue weighted by molar-refractivity contribution is 7.89. The zero-order valence-corrected chi connectivity index (χ0v) is 15.6. The Hall–Kier alpha value is -1.81. The number of sulfonamides is 1. The summed E-state index contributed by atoms with van der Waals surface area (Å²) in [6, 6.07) is 6.41. The summed E-state index contributed by atoms with van der Waals surface area (Å²) in [5, 5.41) is 3.88. The molecule has 0 amide bonds. The molecule has 1 N–H and O–H groups in total. The van der Waals surface area contributed by atoms with E-state index in [1.807, 2.05) is 13.0 Å². The van der Waals surface area contributed by atoms with Crippen LogP contribution in [0.5, 0.6) is 0 Å². The average Bonchev–Trinajstić information content (AvgIpc) is 3.04. The highest BCUT2D eigenvalue weighted by Crippen LogP contribution is 2.28. The van der Waals surface area contributed by atoms with Crippen LogP contribution in [0.1, 0.15) is 18.6 Å². The highest BCUT2D eigenvalue weighted by atomic mass is 32.2. The third kappa shape index (κ3) is 4.29. The first-order chi connectivity index (χ1) is 12.4. The van der Waals surface area contributed by atoms with E-state index in [-0.39, 0.29) is 29.4 Å². The Morgan fingerprint density at radius 1 is 1.42 bits per heavy atom. The molecule has 0 spiro atoms. The van der Waals surface area contributed by atoms with E-state index >= 15 is 0 Å². The van der Waals surface area contributed by atoms with Crippen molar-refractivity contribution in [3.63, 3.8) is 0 Å². The van der Waals surface area contributed by atoms with Gasteiger partial charge in [0.15, 0.2) is 0 Å². The second-order valence-corrected chi connectivity index (χ2v) is 8.14. The van der Waals surface area contributed by atoms with Crippen LogP contribution in [0.3, 0.4) is 0 Å². The van der Waals surface area contributed by atoms with Crippen LogP contribution in [-0.4, -0.2) is 55.4 Å². The van der Waals surface area contributed by atoms with Gasteiger partial charge < -0.3 is 4.74 Å². The van der Waals surface area contributed by atoms with Gasteiger partial charge >= 0.3 is 0 Å². The Morgan fingerprint density at radius 2 is 2.23 bits per heavy atom. The summed E-state index contributed by atoms with van der Waals surface area (Å²) in [7, 11) is -1.90. The second kappa shape index (κ2) is 7.83. The lowest BCUT2D eigenvalue weighted by Crippen LogP contribution is -2.48. The molecule has 2 aromatic rings. The lowest BCUT2D eigenvalue weighted by atomic mass is 10.0. The number of hydrogen-bond donors (Lipinski definition) is 1. The van der Waals surface area contributed by atoms with Crippen LogP contribution in [0, 0.1) is 5.82 Å². The Labute approximate surface area is 152 Å². The number of aryl methyl sites for hydroxylation is 1. The molecule has 0 unspecified atom stereocenters. The molecule has 1 fully saturated rings. The van der Waals surface area contributed by atoms with Gasteiger partial charge in [0.1, 0.15) is 10.7 Å². The fourth-order valence-corrected chi connectivity index (χ4v) is 4.15. The van der Waals surface area contributed by atoms with Crippen LogP contribution in [0.15, 0.2) is 41.6 Å². The first-order valence-corrected chi connectivity index (χ1v) is 9.94. The van der Waals surface area contributed by atoms with E-state index < -0.39 is 10.0 Å². The summed E-state index contributed by atoms with van der Waals surface area (Å²) < 4.78 is 47.8. The summed E-state index contributed by atoms with van der Waals surface area (Å²) in [5.74, 6) is -0.292. The highest BCUT2D eigenvalue weighted by Gasteiger charge is 2.30. The first kappa shape index (κ1) is 19.0. The molecule has 1 aromatic heterocycles. The Kier molecular flexibility index (Phi) is 5.71. The molecule has 142 valence electrons. The maximum Gasteiger partial charge on any atom is 0.243 e. The third-order valence-corrected chi connectivity index (χ3v) is 5.97. The van der Waals surface area contributed by atoms with Gasteiger partial charge in [0.25, 0.3) is 0 Å². The third-order valence-electron chi connectivity index (χ3n) is 4.55. The van der Waals surface area contributed by atoms with Crippen LogP contribution in [0.2, 0.25) is 0 Å². The van der Waals surface area contributed by atoms with Gasteiger partial charge in [-0.05, 0) is 24.6 Å². The van der Waals surface area contributed by atoms with Crippen LogP contribution in [0.4, 0.5) is 4.39 Å². The number of nitrogens with zero attached hydrogens (tertiary/aromatic N) is 3. The van der Waals surface area contributed by atoms with E-state index in [9.17, 15) is 12.8 Å². The summed E-state index contributed by atoms with van der Waals surface area (Å²) in [6.45, 7) is 4.03. The quantitative estimate of drug-likeness (QED) is 0.815. The maximum atomic E-state index is 13.5. The lowest BCUT2D eigenvalue weighted by Gasteiger charge is -2.39. The molecule has 2 heterocycles. The summed E-state index contributed by atoms with van der Waals surface area (Å²) in [4.78, 5) is 2.29. The van der Waals surface area contributed by atoms with Crippen molar-refractivity contribution in [2.24, 2.45) is 7.05 Å². The van der Waals surface area contributed by atoms with Crippen molar-refractivity contribution < 1.29 is 17.5 Å². The zero-order chi connectivity index (χ0) is 18.7. The van der Waals surface area contributed by atoms with Crippen LogP contribution >= 0.6 is 0 Å². The predicted molar refractivity (Wildman–Crippen MR) is 94.5 cm³/mol. The monoisotopic (exact) mass is 382 g/mol. The van der Waals surface area contributed by atoms with E-state index in [1.165, 1.54) is 29.2 Å². The van der Waals surface area contributed by atoms with Crippen molar-refractivity contribution in [1.82, 2.24) is 19.4 Å². The molecule has 1 aromatic carbocycles. The SMILES string of the molecule is C[C@@H]1[C@@H](c2cccc(F)c2)OCCN1CCNS(=O)(=O)c1cnn(C)c1. The molecule has 0 bridgehead atoms. The van der Waals surface area contributed by atoms with Crippen molar-refractivity contribution in [2.75, 3.05) is 26.2 Å². The number of ether oxygens (including phenoxy) is 1. The number of hydrogen-bond acceptors (Lipinski definition) is 5. The minimum absolute atomic E-state index is 0.00782. The van der Waals surface area contributed by atoms with E-state index in [0.717, 1.165) is 5.56 Å². The topological polar surface area (TPSA) is 76.5 Å². The normalized spacial score (nSPS) is 21.8. The van der Waals surface area contributed by atoms with Crippen LogP contribution < -0.4 is 4.72 Å². The molecule has 1 aliphatic rings. The van der Waals surface area contributed by atoms with E-state index in [2.05, 4.69) is 14.7 Å². The minimum Gasteiger partial charge on any atom is -0.371 e. The molecule has 3 rings (SSSR count). The lowest BCUT2D eigenvalue weighted by molar-refractivity contribution is -0.0661. The van der Waals surface area contributed by atoms with Gasteiger partial charge in [-0.15, -0.1) is 0 Å². The molecule has 7 nitrogen and oxygen atoms in total. The van der Waals surface area contributed by atoms with Crippen LogP contribution in [-0.2, 0) is 21.8 Å². The Bertz CT molecular complexity index is 855. The molecular formula is C17H23FN4O3S. The molecule has 0 aliphatic carbocycles. The first-order valence-electron chi connectivity index (χ1n) is 8.46. The smallest absolute Gasteiger partial charge is 0.243 e. The largest absolute Gasteiger partial charge is 0.371 e. The summed E-state index contributed by atoms with van der Waals surface area (Å²) in [6.07, 6.45) is 2.54. The molecule has 0 radical (unpaired) electrons. The summed E-state index contributed by atoms with van der Waals surface area (Å²) in [5.41, 5.74) is 0.790. The van der Waals surface area contributed by atoms with Crippen molar-refractivity contribution >= 4 is 10.0 Å². The van der Waals surface area contributed by atoms with Gasteiger partial charge in [-0.2, -0.15) is 5.10 Å². The molecular weight excluding hydrogens is 359 g/mol. The van der Waals surface area contributed by atoms with Gasteiger partial charge in [0.05, 0.1) is 18.9 Å². The Balaban J connectivity index is 1.59. The number of halogens is 1. The van der Waals surface area contributed by atoms with Crippen LogP contribution in [0.25, 0.3) is 0 Å². The molecule has 1 saturated heterocycles. The van der Waals surface area contributed by atoms with Crippen molar-refractivity contribution in [2.45, 2.75) is 24.0 Å². The molecule has 1 aliphatic heterocycles. The average molecular weight is 382 g/mol. The predicted octanol–water partition coefficient (Wildman–Crippen LogP) is 1.30. The molecule has 2 atom stereocenters. The fraction of sp³-hybridized carbons (Fsp3) is 0.471. The number of aromatic nitrogens is 2. The number of morpholine rings is 1. The standard InChI is InChI=1S/C17H23FN4O3S/c1-13-17(14-4-3-5-15(18)10-14)25-9-8-22(13)7-6-20-26(23,24)16-11-19-21(2)12-16/h3-5,10-13,17,20H,6-9H2,1-2H3/t13-,17+/m1/s1.